The van der Waals surface area contributed by atoms with Gasteiger partial charge in [0, 0.05) is 46.2 Å². The number of amides is 3. The Hall–Kier alpha value is -5.67. The molecule has 0 aliphatic carbocycles. The largest absolute Gasteiger partial charge is 0.496 e. The van der Waals surface area contributed by atoms with Crippen molar-refractivity contribution in [2.24, 2.45) is 0 Å². The van der Waals surface area contributed by atoms with Crippen LogP contribution in [-0.2, 0) is 29.1 Å². The monoisotopic (exact) mass is 741 g/mol. The molecule has 0 saturated heterocycles. The van der Waals surface area contributed by atoms with Crippen LogP contribution in [0.15, 0.2) is 120 Å². The number of nitrogens with zero attached hydrogens (tertiary/aromatic N) is 2. The molecule has 0 radical (unpaired) electrons. The Morgan fingerprint density at radius 1 is 0.962 bits per heavy atom. The first-order valence-corrected chi connectivity index (χ1v) is 19.0. The van der Waals surface area contributed by atoms with Gasteiger partial charge >= 0.3 is 0 Å². The Bertz CT molecular complexity index is 2160. The number of para-hydroxylation sites is 1. The van der Waals surface area contributed by atoms with Crippen LogP contribution in [0, 0.1) is 11.3 Å². The normalized spacial score (nSPS) is 13.3. The minimum atomic E-state index is -0.528. The second kappa shape index (κ2) is 17.7. The fourth-order valence-electron chi connectivity index (χ4n) is 6.05. The fourth-order valence-corrected chi connectivity index (χ4v) is 8.30. The highest BCUT2D eigenvalue weighted by molar-refractivity contribution is 8.00. The molecule has 6 rings (SSSR count). The van der Waals surface area contributed by atoms with E-state index in [0.717, 1.165) is 41.4 Å². The fraction of sp³-hybridized carbons (Fsp3) is 0.190. The van der Waals surface area contributed by atoms with Gasteiger partial charge in [-0.3, -0.25) is 19.3 Å². The lowest BCUT2D eigenvalue weighted by atomic mass is 10.0. The highest BCUT2D eigenvalue weighted by Crippen LogP contribution is 2.38. The molecule has 0 bridgehead atoms. The van der Waals surface area contributed by atoms with Crippen LogP contribution in [0.5, 0.6) is 5.75 Å². The molecule has 0 fully saturated rings. The van der Waals surface area contributed by atoms with Crippen molar-refractivity contribution in [3.63, 3.8) is 0 Å². The van der Waals surface area contributed by atoms with Crippen LogP contribution in [0.2, 0.25) is 0 Å². The molecule has 1 aromatic heterocycles. The number of ether oxygens (including phenoxy) is 1. The number of hydrogen-bond acceptors (Lipinski definition) is 8. The summed E-state index contributed by atoms with van der Waals surface area (Å²) < 4.78 is 5.47. The number of carbonyl (C=O) groups excluding carboxylic acids is 3. The molecule has 4 aromatic carbocycles. The van der Waals surface area contributed by atoms with Gasteiger partial charge in [-0.15, -0.1) is 23.1 Å². The smallest absolute Gasteiger partial charge is 0.272 e. The minimum Gasteiger partial charge on any atom is -0.496 e. The van der Waals surface area contributed by atoms with E-state index in [4.69, 9.17) is 4.74 Å². The predicted molar refractivity (Wildman–Crippen MR) is 212 cm³/mol. The average Bonchev–Trinajstić information content (AvgIpc) is 3.53. The molecule has 1 atom stereocenters. The molecule has 5 aromatic rings. The molecule has 2 heterocycles. The summed E-state index contributed by atoms with van der Waals surface area (Å²) in [5.41, 5.74) is 4.37. The van der Waals surface area contributed by atoms with Crippen LogP contribution < -0.4 is 20.7 Å². The van der Waals surface area contributed by atoms with E-state index in [1.165, 1.54) is 28.7 Å². The zero-order valence-corrected chi connectivity index (χ0v) is 31.1. The average molecular weight is 742 g/mol. The molecule has 268 valence electrons. The van der Waals surface area contributed by atoms with Crippen molar-refractivity contribution in [1.82, 2.24) is 10.2 Å². The quantitative estimate of drug-likeness (QED) is 0.0823. The highest BCUT2D eigenvalue weighted by Gasteiger charge is 2.27. The van der Waals surface area contributed by atoms with E-state index >= 15 is 0 Å². The summed E-state index contributed by atoms with van der Waals surface area (Å²) in [5, 5.41) is 19.0. The maximum atomic E-state index is 13.7. The number of benzene rings is 4. The van der Waals surface area contributed by atoms with E-state index in [0.29, 0.717) is 39.5 Å². The van der Waals surface area contributed by atoms with E-state index in [2.05, 4.69) is 39.1 Å². The number of nitriles is 1. The summed E-state index contributed by atoms with van der Waals surface area (Å²) in [7, 11) is 1.54. The lowest BCUT2D eigenvalue weighted by Gasteiger charge is -2.26. The van der Waals surface area contributed by atoms with Crippen molar-refractivity contribution in [2.75, 3.05) is 24.3 Å². The minimum absolute atomic E-state index is 0.0300. The van der Waals surface area contributed by atoms with E-state index < -0.39 is 17.1 Å². The standard InChI is InChI=1S/C42H39N5O4S2/c1-3-37(41(50)46-42-34(25-43)33-21-22-47(27-38(33)53-42)26-28-13-6-4-7-14-28)52-32-19-12-18-31(24-32)44-40(49)35(23-30-17-10-11-20-36(30)51-2)45-39(48)29-15-8-5-9-16-29/h4-20,23-24,37H,3,21-22,26-27H2,1-2H3,(H,44,49)(H,45,48)(H,46,50)/b35-23+. The van der Waals surface area contributed by atoms with Gasteiger partial charge in [0.1, 0.15) is 22.5 Å². The molecule has 3 amide bonds. The molecule has 0 saturated carbocycles. The molecular formula is C42H39N5O4S2. The van der Waals surface area contributed by atoms with Crippen molar-refractivity contribution >= 4 is 57.6 Å². The van der Waals surface area contributed by atoms with Crippen molar-refractivity contribution in [3.05, 3.63) is 148 Å². The number of thiophene rings is 1. The molecule has 1 unspecified atom stereocenters. The van der Waals surface area contributed by atoms with Gasteiger partial charge < -0.3 is 20.7 Å². The number of thioether (sulfide) groups is 1. The molecule has 11 heteroatoms. The van der Waals surface area contributed by atoms with Crippen LogP contribution in [0.4, 0.5) is 10.7 Å². The van der Waals surface area contributed by atoms with Gasteiger partial charge in [-0.25, -0.2) is 0 Å². The number of methoxy groups -OCH3 is 1. The van der Waals surface area contributed by atoms with E-state index in [-0.39, 0.29) is 11.6 Å². The van der Waals surface area contributed by atoms with Crippen LogP contribution in [-0.4, -0.2) is 41.5 Å². The Kier molecular flexibility index (Phi) is 12.4. The number of nitrogens with one attached hydrogen (secondary N) is 3. The molecule has 9 nitrogen and oxygen atoms in total. The Balaban J connectivity index is 1.14. The highest BCUT2D eigenvalue weighted by atomic mass is 32.2. The predicted octanol–water partition coefficient (Wildman–Crippen LogP) is 8.11. The third-order valence-corrected chi connectivity index (χ3v) is 11.2. The number of rotatable bonds is 13. The maximum Gasteiger partial charge on any atom is 0.272 e. The van der Waals surface area contributed by atoms with Crippen LogP contribution >= 0.6 is 23.1 Å². The number of fused-ring (bicyclic) bond motifs is 1. The van der Waals surface area contributed by atoms with Gasteiger partial charge in [-0.05, 0) is 66.4 Å². The van der Waals surface area contributed by atoms with Gasteiger partial charge in [-0.2, -0.15) is 5.26 Å². The Labute approximate surface area is 317 Å². The van der Waals surface area contributed by atoms with Gasteiger partial charge in [0.05, 0.1) is 17.9 Å². The Morgan fingerprint density at radius 3 is 2.43 bits per heavy atom. The maximum absolute atomic E-state index is 13.7. The SMILES string of the molecule is CCC(Sc1cccc(NC(=O)/C(=C\c2ccccc2OC)NC(=O)c2ccccc2)c1)C(=O)Nc1sc2c(c1C#N)CCN(Cc1ccccc1)C2. The third kappa shape index (κ3) is 9.42. The molecule has 0 spiro atoms. The zero-order valence-electron chi connectivity index (χ0n) is 29.4. The van der Waals surface area contributed by atoms with E-state index in [9.17, 15) is 19.6 Å². The van der Waals surface area contributed by atoms with Crippen LogP contribution in [0.25, 0.3) is 6.08 Å². The van der Waals surface area contributed by atoms with E-state index in [1.807, 2.05) is 49.4 Å². The number of carbonyl (C=O) groups is 3. The molecular weight excluding hydrogens is 703 g/mol. The van der Waals surface area contributed by atoms with Crippen LogP contribution in [0.3, 0.4) is 0 Å². The van der Waals surface area contributed by atoms with Crippen molar-refractivity contribution in [1.29, 1.82) is 5.26 Å². The van der Waals surface area contributed by atoms with Crippen molar-refractivity contribution < 1.29 is 19.1 Å². The Morgan fingerprint density at radius 2 is 1.70 bits per heavy atom. The summed E-state index contributed by atoms with van der Waals surface area (Å²) >= 11 is 2.87. The molecule has 53 heavy (non-hydrogen) atoms. The topological polar surface area (TPSA) is 124 Å². The van der Waals surface area contributed by atoms with Crippen molar-refractivity contribution in [2.45, 2.75) is 43.0 Å². The summed E-state index contributed by atoms with van der Waals surface area (Å²) in [6.07, 6.45) is 2.87. The van der Waals surface area contributed by atoms with Gasteiger partial charge in [0.25, 0.3) is 11.8 Å². The van der Waals surface area contributed by atoms with Gasteiger partial charge in [0.2, 0.25) is 5.91 Å². The first-order chi connectivity index (χ1) is 25.8. The summed E-state index contributed by atoms with van der Waals surface area (Å²) in [4.78, 5) is 44.7. The second-order valence-electron chi connectivity index (χ2n) is 12.4. The first kappa shape index (κ1) is 37.1. The summed E-state index contributed by atoms with van der Waals surface area (Å²) in [5.74, 6) is -0.601. The second-order valence-corrected chi connectivity index (χ2v) is 14.8. The van der Waals surface area contributed by atoms with Crippen molar-refractivity contribution in [3.8, 4) is 11.8 Å². The first-order valence-electron chi connectivity index (χ1n) is 17.3. The molecule has 1 aliphatic rings. The third-order valence-electron chi connectivity index (χ3n) is 8.73. The lowest BCUT2D eigenvalue weighted by molar-refractivity contribution is -0.116. The molecule has 1 aliphatic heterocycles. The lowest BCUT2D eigenvalue weighted by Crippen LogP contribution is -2.30. The summed E-state index contributed by atoms with van der Waals surface area (Å²) in [6, 6.07) is 35.8. The summed E-state index contributed by atoms with van der Waals surface area (Å²) in [6.45, 7) is 4.35. The number of anilines is 2. The molecule has 3 N–H and O–H groups in total. The van der Waals surface area contributed by atoms with Crippen LogP contribution in [0.1, 0.15) is 50.8 Å². The van der Waals surface area contributed by atoms with Gasteiger partial charge in [0.15, 0.2) is 0 Å². The number of hydrogen-bond donors (Lipinski definition) is 3. The van der Waals surface area contributed by atoms with Gasteiger partial charge in [-0.1, -0.05) is 79.7 Å². The zero-order chi connectivity index (χ0) is 37.2. The van der Waals surface area contributed by atoms with E-state index in [1.54, 1.807) is 67.8 Å².